The predicted octanol–water partition coefficient (Wildman–Crippen LogP) is 0.277. The van der Waals surface area contributed by atoms with Crippen LogP contribution in [0.1, 0.15) is 29.6 Å². The van der Waals surface area contributed by atoms with Gasteiger partial charge in [-0.25, -0.2) is 9.97 Å². The van der Waals surface area contributed by atoms with E-state index in [-0.39, 0.29) is 12.7 Å². The summed E-state index contributed by atoms with van der Waals surface area (Å²) in [6.07, 6.45) is 0.891. The third-order valence-corrected chi connectivity index (χ3v) is 2.89. The topological polar surface area (TPSA) is 75.5 Å². The first kappa shape index (κ1) is 11.4. The monoisotopic (exact) mass is 224 g/mol. The lowest BCUT2D eigenvalue weighted by Gasteiger charge is -2.13. The third kappa shape index (κ3) is 2.07. The van der Waals surface area contributed by atoms with Crippen LogP contribution >= 0.6 is 0 Å². The van der Waals surface area contributed by atoms with Gasteiger partial charge in [-0.15, -0.1) is 0 Å². The highest BCUT2D eigenvalue weighted by atomic mass is 16.5. The quantitative estimate of drug-likeness (QED) is 0.754. The summed E-state index contributed by atoms with van der Waals surface area (Å²) in [5.41, 5.74) is 1.75. The largest absolute Gasteiger partial charge is 0.394 e. The van der Waals surface area contributed by atoms with Crippen molar-refractivity contribution in [2.24, 2.45) is 0 Å². The van der Waals surface area contributed by atoms with Crippen LogP contribution in [-0.2, 0) is 4.74 Å². The lowest BCUT2D eigenvalue weighted by molar-refractivity contribution is -0.0228. The van der Waals surface area contributed by atoms with Crippen LogP contribution in [0.2, 0.25) is 0 Å². The van der Waals surface area contributed by atoms with Gasteiger partial charge < -0.3 is 14.9 Å². The smallest absolute Gasteiger partial charge is 0.125 e. The molecule has 1 saturated heterocycles. The second kappa shape index (κ2) is 4.45. The fraction of sp³-hybridized carbons (Fsp3) is 0.636. The Bertz CT molecular complexity index is 383. The minimum atomic E-state index is -0.615. The minimum Gasteiger partial charge on any atom is -0.394 e. The fourth-order valence-electron chi connectivity index (χ4n) is 2.00. The maximum Gasteiger partial charge on any atom is 0.125 e. The van der Waals surface area contributed by atoms with Gasteiger partial charge in [0.1, 0.15) is 11.9 Å². The number of hydrogen-bond donors (Lipinski definition) is 2. The lowest BCUT2D eigenvalue weighted by atomic mass is 10.1. The van der Waals surface area contributed by atoms with Gasteiger partial charge in [0.25, 0.3) is 0 Å². The first-order valence-electron chi connectivity index (χ1n) is 5.36. The minimum absolute atomic E-state index is 0.163. The Kier molecular flexibility index (Phi) is 3.18. The Morgan fingerprint density at radius 3 is 2.81 bits per heavy atom. The van der Waals surface area contributed by atoms with Gasteiger partial charge in [0, 0.05) is 23.9 Å². The average molecular weight is 224 g/mol. The molecule has 1 fully saturated rings. The van der Waals surface area contributed by atoms with Gasteiger partial charge in [-0.05, 0) is 13.8 Å². The van der Waals surface area contributed by atoms with Gasteiger partial charge in [0.05, 0.1) is 18.8 Å². The van der Waals surface area contributed by atoms with Crippen molar-refractivity contribution in [2.45, 2.75) is 38.6 Å². The normalized spacial score (nSPS) is 29.6. The number of rotatable bonds is 2. The summed E-state index contributed by atoms with van der Waals surface area (Å²) < 4.78 is 5.55. The summed E-state index contributed by atoms with van der Waals surface area (Å²) in [6, 6.07) is 0. The molecule has 0 radical (unpaired) electrons. The number of aromatic nitrogens is 2. The van der Waals surface area contributed by atoms with Crippen molar-refractivity contribution in [1.82, 2.24) is 9.97 Å². The first-order valence-corrected chi connectivity index (χ1v) is 5.36. The summed E-state index contributed by atoms with van der Waals surface area (Å²) >= 11 is 0. The molecule has 2 N–H and O–H groups in total. The lowest BCUT2D eigenvalue weighted by Crippen LogP contribution is -2.24. The van der Waals surface area contributed by atoms with Crippen LogP contribution in [0.25, 0.3) is 0 Å². The van der Waals surface area contributed by atoms with Crippen LogP contribution < -0.4 is 0 Å². The van der Waals surface area contributed by atoms with Crippen LogP contribution in [-0.4, -0.2) is 39.0 Å². The Hall–Kier alpha value is -1.04. The van der Waals surface area contributed by atoms with E-state index >= 15 is 0 Å². The van der Waals surface area contributed by atoms with E-state index in [2.05, 4.69) is 9.97 Å². The van der Waals surface area contributed by atoms with Crippen molar-refractivity contribution in [3.63, 3.8) is 0 Å². The van der Waals surface area contributed by atoms with Crippen molar-refractivity contribution < 1.29 is 14.9 Å². The van der Waals surface area contributed by atoms with Crippen LogP contribution in [0.15, 0.2) is 6.20 Å². The number of aryl methyl sites for hydroxylation is 2. The molecule has 3 atom stereocenters. The van der Waals surface area contributed by atoms with Crippen LogP contribution in [0.5, 0.6) is 0 Å². The molecule has 1 aliphatic heterocycles. The molecule has 0 saturated carbocycles. The van der Waals surface area contributed by atoms with Crippen molar-refractivity contribution in [2.75, 3.05) is 6.61 Å². The summed E-state index contributed by atoms with van der Waals surface area (Å²) in [7, 11) is 0. The SMILES string of the molecule is Cc1ncc([C@H]2C[C@H](O)[C@@H](CO)O2)c(C)n1. The molecule has 1 aromatic heterocycles. The van der Waals surface area contributed by atoms with Gasteiger partial charge in [0.2, 0.25) is 0 Å². The summed E-state index contributed by atoms with van der Waals surface area (Å²) in [5.74, 6) is 0.721. The maximum atomic E-state index is 9.64. The van der Waals surface area contributed by atoms with Gasteiger partial charge in [-0.1, -0.05) is 0 Å². The summed E-state index contributed by atoms with van der Waals surface area (Å²) in [5, 5.41) is 18.6. The Labute approximate surface area is 94.1 Å². The van der Waals surface area contributed by atoms with Crippen LogP contribution in [0, 0.1) is 13.8 Å². The van der Waals surface area contributed by atoms with Gasteiger partial charge in [0.15, 0.2) is 0 Å². The maximum absolute atomic E-state index is 9.64. The molecule has 5 heteroatoms. The first-order chi connectivity index (χ1) is 7.61. The highest BCUT2D eigenvalue weighted by Gasteiger charge is 2.35. The molecule has 2 rings (SSSR count). The predicted molar refractivity (Wildman–Crippen MR) is 56.8 cm³/mol. The molecule has 0 amide bonds. The molecule has 0 aromatic carbocycles. The molecule has 0 spiro atoms. The van der Waals surface area contributed by atoms with E-state index in [9.17, 15) is 5.11 Å². The highest BCUT2D eigenvalue weighted by Crippen LogP contribution is 2.33. The number of ether oxygens (including phenoxy) is 1. The Balaban J connectivity index is 2.20. The van der Waals surface area contributed by atoms with E-state index in [1.165, 1.54) is 0 Å². The van der Waals surface area contributed by atoms with E-state index in [0.29, 0.717) is 6.42 Å². The molecule has 16 heavy (non-hydrogen) atoms. The van der Waals surface area contributed by atoms with Gasteiger partial charge in [-0.2, -0.15) is 0 Å². The van der Waals surface area contributed by atoms with Crippen molar-refractivity contribution >= 4 is 0 Å². The Morgan fingerprint density at radius 2 is 2.25 bits per heavy atom. The van der Waals surface area contributed by atoms with Crippen LogP contribution in [0.4, 0.5) is 0 Å². The zero-order valence-electron chi connectivity index (χ0n) is 9.42. The summed E-state index contributed by atoms with van der Waals surface area (Å²) in [4.78, 5) is 8.38. The molecule has 5 nitrogen and oxygen atoms in total. The zero-order valence-corrected chi connectivity index (χ0v) is 9.42. The van der Waals surface area contributed by atoms with E-state index < -0.39 is 12.2 Å². The zero-order chi connectivity index (χ0) is 11.7. The summed E-state index contributed by atoms with van der Waals surface area (Å²) in [6.45, 7) is 3.56. The standard InChI is InChI=1S/C11H16N2O3/c1-6-8(4-12-7(2)13-6)10-3-9(15)11(5-14)16-10/h4,9-11,14-15H,3,5H2,1-2H3/t9-,10+,11+/m0/s1. The van der Waals surface area contributed by atoms with E-state index in [1.807, 2.05) is 13.8 Å². The van der Waals surface area contributed by atoms with Crippen molar-refractivity contribution in [3.8, 4) is 0 Å². The molecular weight excluding hydrogens is 208 g/mol. The van der Waals surface area contributed by atoms with Crippen molar-refractivity contribution in [1.29, 1.82) is 0 Å². The second-order valence-corrected chi connectivity index (χ2v) is 4.11. The molecular formula is C11H16N2O3. The molecule has 1 aromatic rings. The highest BCUT2D eigenvalue weighted by molar-refractivity contribution is 5.20. The van der Waals surface area contributed by atoms with Crippen molar-refractivity contribution in [3.05, 3.63) is 23.3 Å². The second-order valence-electron chi connectivity index (χ2n) is 4.11. The molecule has 88 valence electrons. The number of nitrogens with zero attached hydrogens (tertiary/aromatic N) is 2. The van der Waals surface area contributed by atoms with E-state index in [0.717, 1.165) is 17.1 Å². The number of hydrogen-bond acceptors (Lipinski definition) is 5. The molecule has 0 bridgehead atoms. The van der Waals surface area contributed by atoms with Gasteiger partial charge >= 0.3 is 0 Å². The fourth-order valence-corrected chi connectivity index (χ4v) is 2.00. The number of aliphatic hydroxyl groups excluding tert-OH is 2. The van der Waals surface area contributed by atoms with E-state index in [4.69, 9.17) is 9.84 Å². The molecule has 1 aliphatic rings. The Morgan fingerprint density at radius 1 is 1.50 bits per heavy atom. The van der Waals surface area contributed by atoms with Gasteiger partial charge in [-0.3, -0.25) is 0 Å². The number of aliphatic hydroxyl groups is 2. The average Bonchev–Trinajstić information content (AvgIpc) is 2.59. The van der Waals surface area contributed by atoms with E-state index in [1.54, 1.807) is 6.20 Å². The van der Waals surface area contributed by atoms with Crippen LogP contribution in [0.3, 0.4) is 0 Å². The third-order valence-electron chi connectivity index (χ3n) is 2.89. The molecule has 0 aliphatic carbocycles. The molecule has 0 unspecified atom stereocenters. The molecule has 2 heterocycles.